The van der Waals surface area contributed by atoms with Gasteiger partial charge in [0.1, 0.15) is 36.6 Å². The van der Waals surface area contributed by atoms with Gasteiger partial charge in [-0.3, -0.25) is 33.7 Å². The summed E-state index contributed by atoms with van der Waals surface area (Å²) in [6.45, 7) is 22.7. The maximum Gasteiger partial charge on any atom is 0.306 e. The molecule has 0 rings (SSSR count). The zero-order valence-electron chi connectivity index (χ0n) is 36.3. The summed E-state index contributed by atoms with van der Waals surface area (Å²) in [7, 11) is 0. The summed E-state index contributed by atoms with van der Waals surface area (Å²) in [5.41, 5.74) is -2.27. The Morgan fingerprint density at radius 2 is 0.768 bits per heavy atom. The van der Waals surface area contributed by atoms with Crippen molar-refractivity contribution in [2.24, 2.45) is 0 Å². The second kappa shape index (κ2) is 27.4. The average Bonchev–Trinajstić information content (AvgIpc) is 3.02. The third-order valence-corrected chi connectivity index (χ3v) is 7.79. The predicted molar refractivity (Wildman–Crippen MR) is 208 cm³/mol. The molecule has 0 radical (unpaired) electrons. The van der Waals surface area contributed by atoms with Crippen LogP contribution in [0.15, 0.2) is 0 Å². The van der Waals surface area contributed by atoms with E-state index in [4.69, 9.17) is 37.9 Å². The van der Waals surface area contributed by atoms with Crippen LogP contribution in [0.3, 0.4) is 0 Å². The summed E-state index contributed by atoms with van der Waals surface area (Å²) < 4.78 is 43.5. The summed E-state index contributed by atoms with van der Waals surface area (Å²) in [6.07, 6.45) is 2.24. The highest BCUT2D eigenvalue weighted by Crippen LogP contribution is 2.19. The fourth-order valence-corrected chi connectivity index (χ4v) is 4.83. The topological polar surface area (TPSA) is 179 Å². The van der Waals surface area contributed by atoms with Crippen LogP contribution in [0.4, 0.5) is 0 Å². The Labute approximate surface area is 335 Å². The molecular formula is C41H73NO14. The van der Waals surface area contributed by atoms with Crippen molar-refractivity contribution in [2.75, 3.05) is 59.3 Å². The largest absolute Gasteiger partial charge is 0.464 e. The summed E-state index contributed by atoms with van der Waals surface area (Å²) in [4.78, 5) is 75.5. The van der Waals surface area contributed by atoms with Crippen molar-refractivity contribution in [3.8, 4) is 0 Å². The van der Waals surface area contributed by atoms with Gasteiger partial charge in [0, 0.05) is 77.6 Å². The summed E-state index contributed by atoms with van der Waals surface area (Å²) in [6, 6.07) is 0. The zero-order valence-corrected chi connectivity index (χ0v) is 36.3. The molecule has 0 aromatic carbocycles. The molecule has 0 unspecified atom stereocenters. The molecule has 0 spiro atoms. The van der Waals surface area contributed by atoms with Crippen molar-refractivity contribution in [1.29, 1.82) is 0 Å². The van der Waals surface area contributed by atoms with Crippen LogP contribution in [0.25, 0.3) is 0 Å². The molecule has 0 saturated carbocycles. The van der Waals surface area contributed by atoms with E-state index in [1.807, 2.05) is 60.3 Å². The molecule has 56 heavy (non-hydrogen) atoms. The van der Waals surface area contributed by atoms with Crippen molar-refractivity contribution in [1.82, 2.24) is 4.90 Å². The Bertz CT molecular complexity index is 1190. The fourth-order valence-electron chi connectivity index (χ4n) is 4.83. The highest BCUT2D eigenvalue weighted by atomic mass is 16.6. The van der Waals surface area contributed by atoms with Crippen LogP contribution in [0.5, 0.6) is 0 Å². The molecule has 0 atom stereocenters. The van der Waals surface area contributed by atoms with Crippen molar-refractivity contribution < 1.29 is 66.7 Å². The molecule has 0 bridgehead atoms. The Morgan fingerprint density at radius 3 is 1.11 bits per heavy atom. The molecule has 0 fully saturated rings. The van der Waals surface area contributed by atoms with E-state index in [1.54, 1.807) is 20.8 Å². The van der Waals surface area contributed by atoms with E-state index in [-0.39, 0.29) is 109 Å². The van der Waals surface area contributed by atoms with Crippen LogP contribution in [0, 0.1) is 0 Å². The molecule has 326 valence electrons. The lowest BCUT2D eigenvalue weighted by Gasteiger charge is -2.27. The lowest BCUT2D eigenvalue weighted by atomic mass is 10.1. The van der Waals surface area contributed by atoms with Gasteiger partial charge in [0.15, 0.2) is 0 Å². The molecule has 0 N–H and O–H groups in total. The molecule has 0 aromatic rings. The summed E-state index contributed by atoms with van der Waals surface area (Å²) in [5.74, 6) is -2.62. The number of rotatable bonds is 30. The highest BCUT2D eigenvalue weighted by molar-refractivity contribution is 5.74. The van der Waals surface area contributed by atoms with Crippen LogP contribution in [-0.2, 0) is 66.7 Å². The standard InChI is InChI=1S/C41H73NO14/c1-12-49-27-22-40(8,9)55-36(47)20-14-17-33(44)51-30-25-42(24-29-50-32(43)16-13-19-35(46)54-39(5,6)7)26-31-52-34(45)18-15-21-37(48)56-41(10,11)23-28-53-38(2,3)4/h12-31H2,1-11H3. The Kier molecular flexibility index (Phi) is 25.7. The highest BCUT2D eigenvalue weighted by Gasteiger charge is 2.25. The maximum absolute atomic E-state index is 12.4. The van der Waals surface area contributed by atoms with Gasteiger partial charge < -0.3 is 37.9 Å². The van der Waals surface area contributed by atoms with E-state index in [0.717, 1.165) is 0 Å². The van der Waals surface area contributed by atoms with E-state index >= 15 is 0 Å². The first-order valence-electron chi connectivity index (χ1n) is 20.0. The molecule has 0 saturated heterocycles. The first-order valence-corrected chi connectivity index (χ1v) is 20.0. The van der Waals surface area contributed by atoms with Gasteiger partial charge in [0.25, 0.3) is 0 Å². The molecule has 0 aromatic heterocycles. The van der Waals surface area contributed by atoms with E-state index in [9.17, 15) is 28.8 Å². The van der Waals surface area contributed by atoms with Crippen molar-refractivity contribution in [3.05, 3.63) is 0 Å². The SMILES string of the molecule is CCOCCC(C)(C)OC(=O)CCCC(=O)OCCN(CCOC(=O)CCCC(=O)OC(C)(C)C)CCOC(=O)CCCC(=O)OC(C)(C)CCOC(C)(C)C. The van der Waals surface area contributed by atoms with E-state index in [2.05, 4.69) is 0 Å². The predicted octanol–water partition coefficient (Wildman–Crippen LogP) is 6.05. The summed E-state index contributed by atoms with van der Waals surface area (Å²) >= 11 is 0. The van der Waals surface area contributed by atoms with Crippen molar-refractivity contribution in [3.63, 3.8) is 0 Å². The van der Waals surface area contributed by atoms with Crippen molar-refractivity contribution >= 4 is 35.8 Å². The number of carbonyl (C=O) groups excluding carboxylic acids is 6. The van der Waals surface area contributed by atoms with Crippen LogP contribution >= 0.6 is 0 Å². The van der Waals surface area contributed by atoms with Gasteiger partial charge >= 0.3 is 35.8 Å². The molecular weight excluding hydrogens is 730 g/mol. The first kappa shape index (κ1) is 52.7. The third kappa shape index (κ3) is 32.9. The quantitative estimate of drug-likeness (QED) is 0.0465. The molecule has 0 aliphatic heterocycles. The maximum atomic E-state index is 12.4. The Morgan fingerprint density at radius 1 is 0.429 bits per heavy atom. The zero-order chi connectivity index (χ0) is 42.8. The number of carbonyl (C=O) groups is 6. The normalized spacial score (nSPS) is 12.2. The van der Waals surface area contributed by atoms with Crippen LogP contribution in [0.1, 0.15) is 147 Å². The van der Waals surface area contributed by atoms with E-state index in [1.165, 1.54) is 0 Å². The first-order chi connectivity index (χ1) is 25.9. The van der Waals surface area contributed by atoms with Gasteiger partial charge in [-0.1, -0.05) is 0 Å². The van der Waals surface area contributed by atoms with Gasteiger partial charge in [-0.05, 0) is 95.4 Å². The second-order valence-electron chi connectivity index (χ2n) is 16.8. The summed E-state index contributed by atoms with van der Waals surface area (Å²) in [5, 5.41) is 0. The third-order valence-electron chi connectivity index (χ3n) is 7.79. The van der Waals surface area contributed by atoms with E-state index in [0.29, 0.717) is 32.7 Å². The molecule has 0 aliphatic rings. The van der Waals surface area contributed by atoms with Gasteiger partial charge in [-0.15, -0.1) is 0 Å². The smallest absolute Gasteiger partial charge is 0.306 e. The van der Waals surface area contributed by atoms with Crippen LogP contribution in [0.2, 0.25) is 0 Å². The second-order valence-corrected chi connectivity index (χ2v) is 16.8. The molecule has 15 heteroatoms. The fraction of sp³-hybridized carbons (Fsp3) is 0.854. The van der Waals surface area contributed by atoms with Crippen molar-refractivity contribution in [2.45, 2.75) is 169 Å². The van der Waals surface area contributed by atoms with E-state index < -0.39 is 46.6 Å². The molecule has 0 heterocycles. The number of hydrogen-bond donors (Lipinski definition) is 0. The number of hydrogen-bond acceptors (Lipinski definition) is 15. The number of ether oxygens (including phenoxy) is 8. The number of nitrogens with zero attached hydrogens (tertiary/aromatic N) is 1. The Balaban J connectivity index is 4.81. The van der Waals surface area contributed by atoms with Crippen LogP contribution in [-0.4, -0.2) is 122 Å². The molecule has 0 amide bonds. The monoisotopic (exact) mass is 804 g/mol. The average molecular weight is 804 g/mol. The number of esters is 6. The van der Waals surface area contributed by atoms with Gasteiger partial charge in [0.2, 0.25) is 0 Å². The van der Waals surface area contributed by atoms with Gasteiger partial charge in [0.05, 0.1) is 18.8 Å². The molecule has 0 aliphatic carbocycles. The minimum atomic E-state index is -0.704. The molecule has 15 nitrogen and oxygen atoms in total. The Hall–Kier alpha value is -3.30. The minimum absolute atomic E-state index is 0.0187. The lowest BCUT2D eigenvalue weighted by molar-refractivity contribution is -0.160. The lowest BCUT2D eigenvalue weighted by Crippen LogP contribution is -2.35. The minimum Gasteiger partial charge on any atom is -0.464 e. The van der Waals surface area contributed by atoms with Gasteiger partial charge in [-0.2, -0.15) is 0 Å². The van der Waals surface area contributed by atoms with Crippen LogP contribution < -0.4 is 0 Å². The van der Waals surface area contributed by atoms with Gasteiger partial charge in [-0.25, -0.2) is 0 Å².